The molecule has 1 N–H and O–H groups in total. The van der Waals surface area contributed by atoms with E-state index in [0.29, 0.717) is 6.04 Å². The van der Waals surface area contributed by atoms with Crippen molar-refractivity contribution in [2.75, 3.05) is 26.2 Å². The first kappa shape index (κ1) is 11.7. The van der Waals surface area contributed by atoms with Gasteiger partial charge in [-0.25, -0.2) is 0 Å². The summed E-state index contributed by atoms with van der Waals surface area (Å²) in [6.07, 6.45) is 7.84. The smallest absolute Gasteiger partial charge is 0.0699 e. The van der Waals surface area contributed by atoms with Gasteiger partial charge >= 0.3 is 0 Å². The highest BCUT2D eigenvalue weighted by atomic mass is 16.3. The van der Waals surface area contributed by atoms with Crippen molar-refractivity contribution in [3.05, 3.63) is 0 Å². The van der Waals surface area contributed by atoms with E-state index in [1.165, 1.54) is 58.3 Å². The molecule has 0 radical (unpaired) electrons. The molecule has 4 aliphatic heterocycles. The van der Waals surface area contributed by atoms with Crippen molar-refractivity contribution in [2.45, 2.75) is 56.7 Å². The minimum Gasteiger partial charge on any atom is -0.391 e. The van der Waals surface area contributed by atoms with Crippen LogP contribution < -0.4 is 0 Å². The van der Waals surface area contributed by atoms with Gasteiger partial charge in [-0.3, -0.25) is 9.80 Å². The lowest BCUT2D eigenvalue weighted by atomic mass is 9.70. The fourth-order valence-electron chi connectivity index (χ4n) is 5.34. The molecule has 0 spiro atoms. The van der Waals surface area contributed by atoms with Crippen molar-refractivity contribution in [2.24, 2.45) is 11.8 Å². The second kappa shape index (κ2) is 4.46. The largest absolute Gasteiger partial charge is 0.391 e. The third kappa shape index (κ3) is 1.75. The zero-order valence-electron chi connectivity index (χ0n) is 11.3. The van der Waals surface area contributed by atoms with E-state index in [2.05, 4.69) is 9.80 Å². The molecule has 4 rings (SSSR count). The van der Waals surface area contributed by atoms with Crippen molar-refractivity contribution in [3.63, 3.8) is 0 Å². The first-order chi connectivity index (χ1) is 8.83. The average Bonchev–Trinajstić information content (AvgIpc) is 2.39. The second-order valence-electron chi connectivity index (χ2n) is 7.01. The number of nitrogens with zero attached hydrogens (tertiary/aromatic N) is 2. The SMILES string of the molecule is O[C@H]1CCCN2C[C@H]3C[C@H](CN4CCCC[C@@H]34)[C@@H]12. The molecular formula is C15H26N2O. The Morgan fingerprint density at radius 2 is 1.67 bits per heavy atom. The van der Waals surface area contributed by atoms with E-state index in [-0.39, 0.29) is 6.10 Å². The zero-order valence-corrected chi connectivity index (χ0v) is 11.3. The van der Waals surface area contributed by atoms with Crippen LogP contribution in [0, 0.1) is 11.8 Å². The maximum Gasteiger partial charge on any atom is 0.0699 e. The van der Waals surface area contributed by atoms with E-state index in [4.69, 9.17) is 0 Å². The highest BCUT2D eigenvalue weighted by Crippen LogP contribution is 2.42. The normalized spacial score (nSPS) is 49.5. The topological polar surface area (TPSA) is 26.7 Å². The van der Waals surface area contributed by atoms with Crippen molar-refractivity contribution >= 4 is 0 Å². The summed E-state index contributed by atoms with van der Waals surface area (Å²) < 4.78 is 0. The lowest BCUT2D eigenvalue weighted by Crippen LogP contribution is -2.66. The van der Waals surface area contributed by atoms with Crippen molar-refractivity contribution in [1.82, 2.24) is 9.80 Å². The van der Waals surface area contributed by atoms with Gasteiger partial charge in [0, 0.05) is 25.2 Å². The third-order valence-corrected chi connectivity index (χ3v) is 6.00. The predicted octanol–water partition coefficient (Wildman–Crippen LogP) is 1.32. The third-order valence-electron chi connectivity index (χ3n) is 6.00. The Hall–Kier alpha value is -0.120. The van der Waals surface area contributed by atoms with Gasteiger partial charge < -0.3 is 5.11 Å². The van der Waals surface area contributed by atoms with Crippen LogP contribution >= 0.6 is 0 Å². The molecule has 4 heterocycles. The molecule has 4 saturated heterocycles. The van der Waals surface area contributed by atoms with Gasteiger partial charge in [-0.2, -0.15) is 0 Å². The molecule has 0 aromatic carbocycles. The summed E-state index contributed by atoms with van der Waals surface area (Å²) in [5.74, 6) is 1.64. The van der Waals surface area contributed by atoms with E-state index in [0.717, 1.165) is 24.3 Å². The fourth-order valence-corrected chi connectivity index (χ4v) is 5.34. The van der Waals surface area contributed by atoms with Gasteiger partial charge in [-0.1, -0.05) is 6.42 Å². The summed E-state index contributed by atoms with van der Waals surface area (Å²) in [5, 5.41) is 10.4. The Balaban J connectivity index is 1.58. The van der Waals surface area contributed by atoms with Crippen LogP contribution in [-0.2, 0) is 0 Å². The van der Waals surface area contributed by atoms with Gasteiger partial charge in [-0.15, -0.1) is 0 Å². The number of fused-ring (bicyclic) bond motifs is 6. The number of hydrogen-bond acceptors (Lipinski definition) is 3. The molecule has 0 aliphatic carbocycles. The van der Waals surface area contributed by atoms with Gasteiger partial charge in [0.1, 0.15) is 0 Å². The Morgan fingerprint density at radius 3 is 2.61 bits per heavy atom. The highest BCUT2D eigenvalue weighted by molar-refractivity contribution is 5.02. The van der Waals surface area contributed by atoms with Crippen molar-refractivity contribution in [1.29, 1.82) is 0 Å². The lowest BCUT2D eigenvalue weighted by Gasteiger charge is -2.58. The first-order valence-corrected chi connectivity index (χ1v) is 7.99. The second-order valence-corrected chi connectivity index (χ2v) is 7.01. The molecule has 102 valence electrons. The van der Waals surface area contributed by atoms with Crippen LogP contribution in [0.4, 0.5) is 0 Å². The van der Waals surface area contributed by atoms with E-state index in [1.807, 2.05) is 0 Å². The number of piperidine rings is 4. The number of hydrogen-bond donors (Lipinski definition) is 1. The molecule has 3 nitrogen and oxygen atoms in total. The molecule has 3 heteroatoms. The minimum absolute atomic E-state index is 0.0500. The molecule has 4 fully saturated rings. The fraction of sp³-hybridized carbons (Fsp3) is 1.00. The molecule has 18 heavy (non-hydrogen) atoms. The van der Waals surface area contributed by atoms with Crippen LogP contribution in [0.2, 0.25) is 0 Å². The zero-order chi connectivity index (χ0) is 12.1. The van der Waals surface area contributed by atoms with E-state index in [1.54, 1.807) is 0 Å². The lowest BCUT2D eigenvalue weighted by molar-refractivity contribution is -0.111. The predicted molar refractivity (Wildman–Crippen MR) is 71.4 cm³/mol. The van der Waals surface area contributed by atoms with Gasteiger partial charge in [0.15, 0.2) is 0 Å². The van der Waals surface area contributed by atoms with Crippen LogP contribution in [0.1, 0.15) is 38.5 Å². The van der Waals surface area contributed by atoms with Gasteiger partial charge in [0.2, 0.25) is 0 Å². The maximum absolute atomic E-state index is 10.4. The number of aliphatic hydroxyl groups is 1. The van der Waals surface area contributed by atoms with E-state index < -0.39 is 0 Å². The van der Waals surface area contributed by atoms with Crippen LogP contribution in [0.15, 0.2) is 0 Å². The van der Waals surface area contributed by atoms with Crippen molar-refractivity contribution < 1.29 is 5.11 Å². The van der Waals surface area contributed by atoms with Gasteiger partial charge in [0.25, 0.3) is 0 Å². The summed E-state index contributed by atoms with van der Waals surface area (Å²) in [4.78, 5) is 5.40. The standard InChI is InChI=1S/C15H26N2O/c18-14-5-3-7-17-9-11-8-12(15(14)17)10-16-6-2-1-4-13(11)16/h11-15,18H,1-10H2/t11-,12-,13+,14+,15+/m1/s1. The van der Waals surface area contributed by atoms with E-state index >= 15 is 0 Å². The summed E-state index contributed by atoms with van der Waals surface area (Å²) in [6, 6.07) is 1.35. The van der Waals surface area contributed by atoms with Crippen LogP contribution in [-0.4, -0.2) is 59.3 Å². The Morgan fingerprint density at radius 1 is 0.833 bits per heavy atom. The number of rotatable bonds is 0. The summed E-state index contributed by atoms with van der Waals surface area (Å²) in [7, 11) is 0. The Labute approximate surface area is 110 Å². The molecule has 0 unspecified atom stereocenters. The van der Waals surface area contributed by atoms with Crippen LogP contribution in [0.25, 0.3) is 0 Å². The molecule has 0 aromatic rings. The van der Waals surface area contributed by atoms with Gasteiger partial charge in [0.05, 0.1) is 6.10 Å². The monoisotopic (exact) mass is 250 g/mol. The Kier molecular flexibility index (Phi) is 2.90. The Bertz CT molecular complexity index is 322. The average molecular weight is 250 g/mol. The summed E-state index contributed by atoms with van der Waals surface area (Å²) in [5.41, 5.74) is 0. The maximum atomic E-state index is 10.4. The molecule has 4 aliphatic rings. The molecule has 0 aromatic heterocycles. The molecular weight excluding hydrogens is 224 g/mol. The molecule has 2 bridgehead atoms. The van der Waals surface area contributed by atoms with Gasteiger partial charge in [-0.05, 0) is 57.0 Å². The van der Waals surface area contributed by atoms with Crippen LogP contribution in [0.3, 0.4) is 0 Å². The van der Waals surface area contributed by atoms with Crippen LogP contribution in [0.5, 0.6) is 0 Å². The molecule has 0 saturated carbocycles. The molecule has 5 atom stereocenters. The quantitative estimate of drug-likeness (QED) is 0.702. The number of aliphatic hydroxyl groups excluding tert-OH is 1. The summed E-state index contributed by atoms with van der Waals surface area (Å²) >= 11 is 0. The highest BCUT2D eigenvalue weighted by Gasteiger charge is 2.48. The molecule has 0 amide bonds. The minimum atomic E-state index is -0.0500. The first-order valence-electron chi connectivity index (χ1n) is 7.99. The van der Waals surface area contributed by atoms with E-state index in [9.17, 15) is 5.11 Å². The van der Waals surface area contributed by atoms with Crippen molar-refractivity contribution in [3.8, 4) is 0 Å². The summed E-state index contributed by atoms with van der Waals surface area (Å²) in [6.45, 7) is 5.08.